The van der Waals surface area contributed by atoms with Crippen LogP contribution in [-0.4, -0.2) is 36.6 Å². The lowest BCUT2D eigenvalue weighted by Gasteiger charge is -2.11. The summed E-state index contributed by atoms with van der Waals surface area (Å²) >= 11 is 0. The quantitative estimate of drug-likeness (QED) is 0.525. The summed E-state index contributed by atoms with van der Waals surface area (Å²) in [4.78, 5) is 18.4. The monoisotopic (exact) mass is 364 g/mol. The van der Waals surface area contributed by atoms with Gasteiger partial charge < -0.3 is 9.30 Å². The Kier molecular flexibility index (Phi) is 3.30. The Balaban J connectivity index is 1.80. The highest BCUT2D eigenvalue weighted by Crippen LogP contribution is 2.38. The predicted octanol–water partition coefficient (Wildman–Crippen LogP) is 2.01. The Morgan fingerprint density at radius 1 is 1.33 bits per heavy atom. The maximum atomic E-state index is 11.4. The van der Waals surface area contributed by atoms with E-state index in [2.05, 4.69) is 26.6 Å². The molecule has 0 bridgehead atoms. The molecule has 4 heterocycles. The minimum Gasteiger partial charge on any atom is -0.497 e. The Bertz CT molecular complexity index is 1210. The zero-order valence-corrected chi connectivity index (χ0v) is 14.8. The number of nitrogens with zero attached hydrogens (tertiary/aromatic N) is 5. The van der Waals surface area contributed by atoms with E-state index in [1.165, 1.54) is 0 Å². The number of aryl methyl sites for hydroxylation is 1. The standard InChI is InChI=1S/C18H16N6O3/c1-3-23-8-10-6-14-16(17-20-18(25)27-22-17)19-9-24(14)13-5-4-11(26-2)7-12(13)15(10)21-23/h4-5,7-9H,3,6H2,1-2H3,(H,20,22,25). The molecule has 27 heavy (non-hydrogen) atoms. The molecule has 0 unspecified atom stereocenters. The molecule has 3 aromatic heterocycles. The van der Waals surface area contributed by atoms with E-state index in [0.717, 1.165) is 40.5 Å². The van der Waals surface area contributed by atoms with Crippen molar-refractivity contribution < 1.29 is 9.26 Å². The third-order valence-corrected chi connectivity index (χ3v) is 4.77. The molecule has 1 aliphatic rings. The van der Waals surface area contributed by atoms with Gasteiger partial charge in [-0.3, -0.25) is 14.2 Å². The van der Waals surface area contributed by atoms with E-state index in [0.29, 0.717) is 17.9 Å². The number of rotatable bonds is 3. The van der Waals surface area contributed by atoms with E-state index in [4.69, 9.17) is 9.84 Å². The van der Waals surface area contributed by atoms with Gasteiger partial charge >= 0.3 is 5.76 Å². The van der Waals surface area contributed by atoms with Crippen LogP contribution in [0.5, 0.6) is 5.75 Å². The SMILES string of the molecule is CCn1cc2c(n1)-c1cc(OC)ccc1-n1cnc(-c3noc(=O)[nH]3)c1C2. The maximum absolute atomic E-state index is 11.4. The molecule has 0 radical (unpaired) electrons. The first-order valence-corrected chi connectivity index (χ1v) is 8.55. The number of hydrogen-bond donors (Lipinski definition) is 1. The highest BCUT2D eigenvalue weighted by molar-refractivity contribution is 5.77. The summed E-state index contributed by atoms with van der Waals surface area (Å²) in [5.41, 5.74) is 5.37. The lowest BCUT2D eigenvalue weighted by molar-refractivity contribution is 0.387. The predicted molar refractivity (Wildman–Crippen MR) is 95.9 cm³/mol. The van der Waals surface area contributed by atoms with E-state index in [1.54, 1.807) is 13.4 Å². The number of imidazole rings is 1. The molecule has 1 N–H and O–H groups in total. The van der Waals surface area contributed by atoms with Crippen LogP contribution in [0.3, 0.4) is 0 Å². The Labute approximate surface area is 153 Å². The molecule has 0 aliphatic carbocycles. The summed E-state index contributed by atoms with van der Waals surface area (Å²) in [6, 6.07) is 5.87. The lowest BCUT2D eigenvalue weighted by atomic mass is 10.0. The number of benzene rings is 1. The van der Waals surface area contributed by atoms with Crippen LogP contribution in [0, 0.1) is 0 Å². The lowest BCUT2D eigenvalue weighted by Crippen LogP contribution is -2.02. The van der Waals surface area contributed by atoms with Crippen LogP contribution in [-0.2, 0) is 13.0 Å². The van der Waals surface area contributed by atoms with Crippen molar-refractivity contribution in [3.8, 4) is 34.2 Å². The van der Waals surface area contributed by atoms with E-state index in [9.17, 15) is 4.79 Å². The third-order valence-electron chi connectivity index (χ3n) is 4.77. The molecule has 0 amide bonds. The minimum absolute atomic E-state index is 0.315. The number of H-pyrrole nitrogens is 1. The number of aromatic nitrogens is 6. The average molecular weight is 364 g/mol. The second-order valence-corrected chi connectivity index (χ2v) is 6.27. The number of hydrogen-bond acceptors (Lipinski definition) is 6. The molecule has 5 rings (SSSR count). The van der Waals surface area contributed by atoms with Crippen LogP contribution in [0.15, 0.2) is 40.0 Å². The van der Waals surface area contributed by atoms with Gasteiger partial charge in [-0.2, -0.15) is 5.10 Å². The number of ether oxygens (including phenoxy) is 1. The molecular weight excluding hydrogens is 348 g/mol. The molecule has 0 fully saturated rings. The van der Waals surface area contributed by atoms with Gasteiger partial charge in [-0.15, -0.1) is 0 Å². The van der Waals surface area contributed by atoms with E-state index in [1.807, 2.05) is 33.6 Å². The van der Waals surface area contributed by atoms with Crippen LogP contribution in [0.1, 0.15) is 18.2 Å². The van der Waals surface area contributed by atoms with Gasteiger partial charge in [-0.1, -0.05) is 5.16 Å². The summed E-state index contributed by atoms with van der Waals surface area (Å²) in [5, 5.41) is 8.55. The largest absolute Gasteiger partial charge is 0.497 e. The van der Waals surface area contributed by atoms with Crippen molar-refractivity contribution in [2.75, 3.05) is 7.11 Å². The second kappa shape index (κ2) is 5.70. The van der Waals surface area contributed by atoms with Gasteiger partial charge in [0.2, 0.25) is 5.82 Å². The number of nitrogens with one attached hydrogen (secondary N) is 1. The van der Waals surface area contributed by atoms with Crippen LogP contribution in [0.2, 0.25) is 0 Å². The van der Waals surface area contributed by atoms with Crippen molar-refractivity contribution in [3.63, 3.8) is 0 Å². The van der Waals surface area contributed by atoms with Gasteiger partial charge in [-0.25, -0.2) is 9.78 Å². The smallest absolute Gasteiger partial charge is 0.439 e. The van der Waals surface area contributed by atoms with Crippen molar-refractivity contribution in [1.82, 2.24) is 29.5 Å². The first-order chi connectivity index (χ1) is 13.2. The molecular formula is C18H16N6O3. The number of aromatic amines is 1. The second-order valence-electron chi connectivity index (χ2n) is 6.27. The third kappa shape index (κ3) is 2.31. The zero-order chi connectivity index (χ0) is 18.5. The highest BCUT2D eigenvalue weighted by atomic mass is 16.5. The zero-order valence-electron chi connectivity index (χ0n) is 14.8. The summed E-state index contributed by atoms with van der Waals surface area (Å²) in [6.45, 7) is 2.82. The van der Waals surface area contributed by atoms with Crippen LogP contribution >= 0.6 is 0 Å². The molecule has 0 saturated heterocycles. The summed E-state index contributed by atoms with van der Waals surface area (Å²) in [6.07, 6.45) is 4.36. The van der Waals surface area contributed by atoms with Crippen LogP contribution < -0.4 is 10.5 Å². The number of methoxy groups -OCH3 is 1. The van der Waals surface area contributed by atoms with Gasteiger partial charge in [0.25, 0.3) is 0 Å². The molecule has 0 saturated carbocycles. The van der Waals surface area contributed by atoms with Gasteiger partial charge in [0, 0.05) is 30.3 Å². The number of fused-ring (bicyclic) bond motifs is 5. The molecule has 0 atom stereocenters. The summed E-state index contributed by atoms with van der Waals surface area (Å²) in [5.74, 6) is 0.468. The topological polar surface area (TPSA) is 104 Å². The van der Waals surface area contributed by atoms with Crippen molar-refractivity contribution in [2.24, 2.45) is 0 Å². The molecule has 1 aromatic carbocycles. The van der Waals surface area contributed by atoms with Gasteiger partial charge in [0.1, 0.15) is 17.8 Å². The molecule has 9 nitrogen and oxygen atoms in total. The Hall–Kier alpha value is -3.62. The maximum Gasteiger partial charge on any atom is 0.439 e. The van der Waals surface area contributed by atoms with Crippen molar-refractivity contribution in [1.29, 1.82) is 0 Å². The molecule has 4 aromatic rings. The van der Waals surface area contributed by atoms with E-state index < -0.39 is 5.76 Å². The van der Waals surface area contributed by atoms with Gasteiger partial charge in [0.05, 0.1) is 24.2 Å². The van der Waals surface area contributed by atoms with Crippen LogP contribution in [0.25, 0.3) is 28.5 Å². The van der Waals surface area contributed by atoms with Crippen molar-refractivity contribution >= 4 is 0 Å². The normalized spacial score (nSPS) is 12.2. The molecule has 136 valence electrons. The highest BCUT2D eigenvalue weighted by Gasteiger charge is 2.26. The summed E-state index contributed by atoms with van der Waals surface area (Å²) in [7, 11) is 1.64. The fourth-order valence-corrected chi connectivity index (χ4v) is 3.48. The van der Waals surface area contributed by atoms with E-state index in [-0.39, 0.29) is 0 Å². The van der Waals surface area contributed by atoms with Crippen LogP contribution in [0.4, 0.5) is 0 Å². The molecule has 0 spiro atoms. The van der Waals surface area contributed by atoms with Crippen molar-refractivity contribution in [3.05, 3.63) is 52.5 Å². The fourth-order valence-electron chi connectivity index (χ4n) is 3.48. The van der Waals surface area contributed by atoms with Crippen molar-refractivity contribution in [2.45, 2.75) is 19.9 Å². The Morgan fingerprint density at radius 3 is 2.96 bits per heavy atom. The average Bonchev–Trinajstić information content (AvgIpc) is 3.38. The fraction of sp³-hybridized carbons (Fsp3) is 0.222. The Morgan fingerprint density at radius 2 is 2.22 bits per heavy atom. The van der Waals surface area contributed by atoms with Gasteiger partial charge in [-0.05, 0) is 25.1 Å². The first kappa shape index (κ1) is 15.6. The summed E-state index contributed by atoms with van der Waals surface area (Å²) < 4.78 is 14.0. The molecule has 9 heteroatoms. The minimum atomic E-state index is -0.606. The first-order valence-electron chi connectivity index (χ1n) is 8.55. The van der Waals surface area contributed by atoms with Gasteiger partial charge in [0.15, 0.2) is 0 Å². The molecule has 1 aliphatic heterocycles. The van der Waals surface area contributed by atoms with E-state index >= 15 is 0 Å².